The highest BCUT2D eigenvalue weighted by molar-refractivity contribution is 5.78. The molecule has 3 heteroatoms. The van der Waals surface area contributed by atoms with Gasteiger partial charge in [-0.3, -0.25) is 0 Å². The third-order valence-corrected chi connectivity index (χ3v) is 1.01. The molecule has 0 atom stereocenters. The first kappa shape index (κ1) is 6.74. The molecular weight excluding hydrogens is 133 g/mol. The largest absolute Gasteiger partial charge is 0.411 e. The fourth-order valence-corrected chi connectivity index (χ4v) is 0.565. The van der Waals surface area contributed by atoms with Crippen molar-refractivity contribution in [2.45, 2.75) is 0 Å². The van der Waals surface area contributed by atoms with Crippen molar-refractivity contribution in [2.24, 2.45) is 5.16 Å². The van der Waals surface area contributed by atoms with Crippen LogP contribution in [0.5, 0.6) is 0 Å². The molecule has 0 spiro atoms. The van der Waals surface area contributed by atoms with Crippen molar-refractivity contribution in [3.63, 3.8) is 0 Å². The number of oxime groups is 1. The topological polar surface area (TPSA) is 32.6 Å². The van der Waals surface area contributed by atoms with E-state index in [2.05, 4.69) is 11.2 Å². The fraction of sp³-hybridized carbons (Fsp3) is 0. The van der Waals surface area contributed by atoms with E-state index >= 15 is 0 Å². The van der Waals surface area contributed by atoms with Crippen molar-refractivity contribution >= 4 is 6.21 Å². The smallest absolute Gasteiger partial charge is 0.131 e. The highest BCUT2D eigenvalue weighted by atomic mass is 19.1. The number of hydrogen-bond donors (Lipinski definition) is 1. The summed E-state index contributed by atoms with van der Waals surface area (Å²) in [6.07, 6.45) is 1.20. The number of rotatable bonds is 1. The first-order valence-electron chi connectivity index (χ1n) is 2.67. The quantitative estimate of drug-likeness (QED) is 0.355. The number of nitrogens with zero attached hydrogens (tertiary/aromatic N) is 1. The Morgan fingerprint density at radius 2 is 2.40 bits per heavy atom. The van der Waals surface area contributed by atoms with Gasteiger partial charge in [0.2, 0.25) is 0 Å². The summed E-state index contributed by atoms with van der Waals surface area (Å²) >= 11 is 0. The molecule has 1 aromatic rings. The van der Waals surface area contributed by atoms with Gasteiger partial charge >= 0.3 is 0 Å². The van der Waals surface area contributed by atoms with E-state index in [0.29, 0.717) is 5.56 Å². The van der Waals surface area contributed by atoms with E-state index in [1.54, 1.807) is 0 Å². The van der Waals surface area contributed by atoms with Gasteiger partial charge < -0.3 is 5.21 Å². The summed E-state index contributed by atoms with van der Waals surface area (Å²) in [5.74, 6) is -0.421. The van der Waals surface area contributed by atoms with E-state index in [1.165, 1.54) is 24.4 Å². The molecule has 1 N–H and O–H groups in total. The lowest BCUT2D eigenvalue weighted by atomic mass is 10.2. The molecule has 0 unspecified atom stereocenters. The number of hydrogen-bond acceptors (Lipinski definition) is 2. The highest BCUT2D eigenvalue weighted by Crippen LogP contribution is 1.98. The van der Waals surface area contributed by atoms with Crippen LogP contribution in [0.2, 0.25) is 0 Å². The maximum atomic E-state index is 12.2. The molecule has 0 fully saturated rings. The SMILES string of the molecule is ON=Cc1c[c]c(F)cc1. The number of benzene rings is 1. The van der Waals surface area contributed by atoms with Crippen LogP contribution in [0.4, 0.5) is 4.39 Å². The predicted octanol–water partition coefficient (Wildman–Crippen LogP) is 1.43. The van der Waals surface area contributed by atoms with Crippen molar-refractivity contribution in [3.05, 3.63) is 35.6 Å². The second-order valence-corrected chi connectivity index (χ2v) is 1.71. The van der Waals surface area contributed by atoms with Gasteiger partial charge in [0, 0.05) is 6.07 Å². The van der Waals surface area contributed by atoms with Crippen LogP contribution < -0.4 is 0 Å². The molecule has 10 heavy (non-hydrogen) atoms. The van der Waals surface area contributed by atoms with Gasteiger partial charge in [0.05, 0.1) is 6.21 Å². The summed E-state index contributed by atoms with van der Waals surface area (Å²) in [7, 11) is 0. The Kier molecular flexibility index (Phi) is 1.99. The summed E-state index contributed by atoms with van der Waals surface area (Å²) < 4.78 is 12.2. The molecule has 0 aliphatic heterocycles. The third-order valence-electron chi connectivity index (χ3n) is 1.01. The molecule has 0 aliphatic carbocycles. The van der Waals surface area contributed by atoms with Gasteiger partial charge in [-0.25, -0.2) is 4.39 Å². The van der Waals surface area contributed by atoms with E-state index in [4.69, 9.17) is 5.21 Å². The van der Waals surface area contributed by atoms with Gasteiger partial charge in [-0.05, 0) is 17.7 Å². The molecule has 0 bridgehead atoms. The van der Waals surface area contributed by atoms with Gasteiger partial charge in [0.15, 0.2) is 0 Å². The number of halogens is 1. The van der Waals surface area contributed by atoms with Gasteiger partial charge in [-0.15, -0.1) is 0 Å². The second kappa shape index (κ2) is 2.96. The molecule has 0 heterocycles. The van der Waals surface area contributed by atoms with Crippen LogP contribution in [-0.4, -0.2) is 11.4 Å². The van der Waals surface area contributed by atoms with Gasteiger partial charge in [0.1, 0.15) is 5.82 Å². The lowest BCUT2D eigenvalue weighted by Gasteiger charge is -1.87. The van der Waals surface area contributed by atoms with Crippen LogP contribution in [0.3, 0.4) is 0 Å². The van der Waals surface area contributed by atoms with Crippen LogP contribution >= 0.6 is 0 Å². The maximum Gasteiger partial charge on any atom is 0.131 e. The summed E-state index contributed by atoms with van der Waals surface area (Å²) in [5, 5.41) is 10.8. The molecule has 51 valence electrons. The Bertz CT molecular complexity index is 230. The Hall–Kier alpha value is -1.38. The van der Waals surface area contributed by atoms with Crippen LogP contribution in [0.1, 0.15) is 5.56 Å². The molecule has 1 rings (SSSR count). The Balaban J connectivity index is 2.89. The van der Waals surface area contributed by atoms with Crippen LogP contribution in [0.15, 0.2) is 23.4 Å². The first-order valence-corrected chi connectivity index (χ1v) is 2.67. The molecule has 0 saturated carbocycles. The zero-order chi connectivity index (χ0) is 7.40. The van der Waals surface area contributed by atoms with Gasteiger partial charge in [0.25, 0.3) is 0 Å². The molecular formula is C7H5FNO. The summed E-state index contributed by atoms with van der Waals surface area (Å²) in [6, 6.07) is 6.45. The van der Waals surface area contributed by atoms with Gasteiger partial charge in [-0.1, -0.05) is 11.2 Å². The zero-order valence-electron chi connectivity index (χ0n) is 5.08. The molecule has 1 radical (unpaired) electrons. The maximum absolute atomic E-state index is 12.2. The van der Waals surface area contributed by atoms with Crippen molar-refractivity contribution < 1.29 is 9.60 Å². The van der Waals surface area contributed by atoms with E-state index in [1.807, 2.05) is 0 Å². The van der Waals surface area contributed by atoms with Crippen molar-refractivity contribution in [3.8, 4) is 0 Å². The zero-order valence-corrected chi connectivity index (χ0v) is 5.08. The standard InChI is InChI=1S/C7H5FNO/c8-7-3-1-6(2-4-7)5-9-10/h1-3,5,10H. The average molecular weight is 138 g/mol. The third kappa shape index (κ3) is 1.55. The predicted molar refractivity (Wildman–Crippen MR) is 34.6 cm³/mol. The summed E-state index contributed by atoms with van der Waals surface area (Å²) in [6.45, 7) is 0. The first-order chi connectivity index (χ1) is 4.83. The van der Waals surface area contributed by atoms with Crippen LogP contribution in [0.25, 0.3) is 0 Å². The molecule has 1 aromatic carbocycles. The highest BCUT2D eigenvalue weighted by Gasteiger charge is 1.88. The Morgan fingerprint density at radius 1 is 1.60 bits per heavy atom. The van der Waals surface area contributed by atoms with Crippen molar-refractivity contribution in [1.29, 1.82) is 0 Å². The van der Waals surface area contributed by atoms with E-state index in [9.17, 15) is 4.39 Å². The van der Waals surface area contributed by atoms with Crippen LogP contribution in [0, 0.1) is 11.9 Å². The van der Waals surface area contributed by atoms with E-state index in [-0.39, 0.29) is 0 Å². The minimum atomic E-state index is -0.421. The molecule has 2 nitrogen and oxygen atoms in total. The molecule has 0 aromatic heterocycles. The monoisotopic (exact) mass is 138 g/mol. The minimum Gasteiger partial charge on any atom is -0.411 e. The average Bonchev–Trinajstić information content (AvgIpc) is 1.95. The van der Waals surface area contributed by atoms with Gasteiger partial charge in [-0.2, -0.15) is 0 Å². The molecule has 0 saturated heterocycles. The lowest BCUT2D eigenvalue weighted by Crippen LogP contribution is -1.80. The van der Waals surface area contributed by atoms with Crippen LogP contribution in [-0.2, 0) is 0 Å². The summed E-state index contributed by atoms with van der Waals surface area (Å²) in [5.41, 5.74) is 0.615. The van der Waals surface area contributed by atoms with E-state index in [0.717, 1.165) is 0 Å². The molecule has 0 amide bonds. The Morgan fingerprint density at radius 3 is 2.90 bits per heavy atom. The molecule has 0 aliphatic rings. The second-order valence-electron chi connectivity index (χ2n) is 1.71. The normalized spacial score (nSPS) is 10.5. The van der Waals surface area contributed by atoms with Crippen molar-refractivity contribution in [2.75, 3.05) is 0 Å². The van der Waals surface area contributed by atoms with E-state index < -0.39 is 5.82 Å². The fourth-order valence-electron chi connectivity index (χ4n) is 0.565. The van der Waals surface area contributed by atoms with Crippen molar-refractivity contribution in [1.82, 2.24) is 0 Å². The lowest BCUT2D eigenvalue weighted by molar-refractivity contribution is 0.322. The minimum absolute atomic E-state index is 0.421. The summed E-state index contributed by atoms with van der Waals surface area (Å²) in [4.78, 5) is 0. The Labute approximate surface area is 57.6 Å².